The van der Waals surface area contributed by atoms with Gasteiger partial charge in [-0.2, -0.15) is 0 Å². The van der Waals surface area contributed by atoms with Crippen LogP contribution in [0.1, 0.15) is 20.8 Å². The van der Waals surface area contributed by atoms with Crippen molar-refractivity contribution >= 4 is 5.97 Å². The predicted molar refractivity (Wildman–Crippen MR) is 34.4 cm³/mol. The van der Waals surface area contributed by atoms with E-state index in [0.717, 1.165) is 0 Å². The summed E-state index contributed by atoms with van der Waals surface area (Å²) in [7, 11) is 0. The lowest BCUT2D eigenvalue weighted by atomic mass is 10.2. The van der Waals surface area contributed by atoms with E-state index in [2.05, 4.69) is 16.8 Å². The quantitative estimate of drug-likeness (QED) is 0.389. The highest BCUT2D eigenvalue weighted by molar-refractivity contribution is 5.72. The number of hydrogen-bond donors (Lipinski definition) is 0. The standard InChI is InChI=1S/C7H10O2/c1-4-5-9-7(8)6(2)3/h6H,1-3H3. The zero-order valence-electron chi connectivity index (χ0n) is 5.89. The third kappa shape index (κ3) is 3.60. The molecule has 0 radical (unpaired) electrons. The third-order valence-electron chi connectivity index (χ3n) is 0.725. The number of hydrogen-bond acceptors (Lipinski definition) is 2. The van der Waals surface area contributed by atoms with Gasteiger partial charge in [-0.15, -0.1) is 0 Å². The SMILES string of the molecule is CC#COC(=O)C(C)C. The van der Waals surface area contributed by atoms with E-state index in [1.807, 2.05) is 0 Å². The van der Waals surface area contributed by atoms with Crippen LogP contribution in [-0.2, 0) is 9.53 Å². The number of rotatable bonds is 1. The van der Waals surface area contributed by atoms with Gasteiger partial charge >= 0.3 is 5.97 Å². The van der Waals surface area contributed by atoms with Crippen LogP contribution in [0.25, 0.3) is 0 Å². The van der Waals surface area contributed by atoms with Crippen LogP contribution in [0.3, 0.4) is 0 Å². The van der Waals surface area contributed by atoms with Crippen LogP contribution < -0.4 is 0 Å². The summed E-state index contributed by atoms with van der Waals surface area (Å²) in [6, 6.07) is 0. The lowest BCUT2D eigenvalue weighted by Gasteiger charge is -1.96. The van der Waals surface area contributed by atoms with Crippen LogP contribution in [0.2, 0.25) is 0 Å². The summed E-state index contributed by atoms with van der Waals surface area (Å²) in [5.41, 5.74) is 0. The van der Waals surface area contributed by atoms with Gasteiger partial charge in [0.2, 0.25) is 0 Å². The Labute approximate surface area is 55.2 Å². The Morgan fingerprint density at radius 1 is 1.56 bits per heavy atom. The van der Waals surface area contributed by atoms with Crippen molar-refractivity contribution in [1.82, 2.24) is 0 Å². The van der Waals surface area contributed by atoms with Gasteiger partial charge in [0.15, 0.2) is 0 Å². The highest BCUT2D eigenvalue weighted by Crippen LogP contribution is 1.93. The highest BCUT2D eigenvalue weighted by atomic mass is 16.5. The second kappa shape index (κ2) is 3.96. The van der Waals surface area contributed by atoms with E-state index in [0.29, 0.717) is 0 Å². The van der Waals surface area contributed by atoms with Gasteiger partial charge in [-0.05, 0) is 0 Å². The van der Waals surface area contributed by atoms with E-state index in [1.165, 1.54) is 0 Å². The van der Waals surface area contributed by atoms with Crippen molar-refractivity contribution in [3.63, 3.8) is 0 Å². The molecule has 0 saturated carbocycles. The van der Waals surface area contributed by atoms with Crippen molar-refractivity contribution in [3.8, 4) is 12.0 Å². The molecule has 0 heterocycles. The molecule has 0 spiro atoms. The fraction of sp³-hybridized carbons (Fsp3) is 0.571. The van der Waals surface area contributed by atoms with Gasteiger partial charge in [-0.25, -0.2) is 0 Å². The summed E-state index contributed by atoms with van der Waals surface area (Å²) in [6.07, 6.45) is 2.23. The topological polar surface area (TPSA) is 26.3 Å². The minimum atomic E-state index is -0.274. The van der Waals surface area contributed by atoms with Gasteiger partial charge in [0.05, 0.1) is 5.92 Å². The second-order valence-corrected chi connectivity index (χ2v) is 1.93. The molecule has 0 aliphatic heterocycles. The molecule has 0 saturated heterocycles. The Morgan fingerprint density at radius 3 is 2.44 bits per heavy atom. The fourth-order valence-electron chi connectivity index (χ4n) is 0.219. The zero-order valence-corrected chi connectivity index (χ0v) is 5.89. The van der Waals surface area contributed by atoms with Crippen molar-refractivity contribution in [2.75, 3.05) is 0 Å². The molecule has 0 rings (SSSR count). The molecule has 0 fully saturated rings. The Morgan fingerprint density at radius 2 is 2.11 bits per heavy atom. The lowest BCUT2D eigenvalue weighted by molar-refractivity contribution is -0.140. The molecule has 0 amide bonds. The number of carbonyl (C=O) groups excluding carboxylic acids is 1. The molecule has 2 heteroatoms. The maximum Gasteiger partial charge on any atom is 0.322 e. The lowest BCUT2D eigenvalue weighted by Crippen LogP contribution is -2.07. The maximum absolute atomic E-state index is 10.6. The summed E-state index contributed by atoms with van der Waals surface area (Å²) >= 11 is 0. The van der Waals surface area contributed by atoms with Crippen LogP contribution >= 0.6 is 0 Å². The van der Waals surface area contributed by atoms with Gasteiger partial charge in [-0.3, -0.25) is 4.79 Å². The Balaban J connectivity index is 3.60. The van der Waals surface area contributed by atoms with Crippen LogP contribution in [0, 0.1) is 17.9 Å². The molecule has 0 atom stereocenters. The molecular weight excluding hydrogens is 116 g/mol. The molecule has 0 unspecified atom stereocenters. The Bertz CT molecular complexity index is 148. The first-order chi connectivity index (χ1) is 4.18. The first-order valence-electron chi connectivity index (χ1n) is 2.81. The molecular formula is C7H10O2. The monoisotopic (exact) mass is 126 g/mol. The minimum Gasteiger partial charge on any atom is -0.372 e. The molecule has 0 aromatic heterocycles. The minimum absolute atomic E-state index is 0.0918. The normalized spacial score (nSPS) is 8.00. The van der Waals surface area contributed by atoms with Crippen molar-refractivity contribution in [1.29, 1.82) is 0 Å². The summed E-state index contributed by atoms with van der Waals surface area (Å²) in [5, 5.41) is 0. The average molecular weight is 126 g/mol. The van der Waals surface area contributed by atoms with Gasteiger partial charge in [0, 0.05) is 6.92 Å². The Kier molecular flexibility index (Phi) is 3.54. The van der Waals surface area contributed by atoms with Crippen LogP contribution in [0.15, 0.2) is 0 Å². The number of ether oxygens (including phenoxy) is 1. The van der Waals surface area contributed by atoms with E-state index < -0.39 is 0 Å². The summed E-state index contributed by atoms with van der Waals surface area (Å²) < 4.78 is 4.45. The van der Waals surface area contributed by atoms with Crippen molar-refractivity contribution < 1.29 is 9.53 Å². The molecule has 0 N–H and O–H groups in total. The molecule has 9 heavy (non-hydrogen) atoms. The van der Waals surface area contributed by atoms with E-state index in [9.17, 15) is 4.79 Å². The second-order valence-electron chi connectivity index (χ2n) is 1.93. The zero-order chi connectivity index (χ0) is 7.28. The Hall–Kier alpha value is -0.970. The van der Waals surface area contributed by atoms with E-state index >= 15 is 0 Å². The predicted octanol–water partition coefficient (Wildman–Crippen LogP) is 1.17. The average Bonchev–Trinajstić information content (AvgIpc) is 1.82. The maximum atomic E-state index is 10.6. The van der Waals surface area contributed by atoms with Crippen LogP contribution in [0.4, 0.5) is 0 Å². The van der Waals surface area contributed by atoms with Crippen LogP contribution in [0.5, 0.6) is 0 Å². The molecule has 50 valence electrons. The van der Waals surface area contributed by atoms with Gasteiger partial charge in [0.25, 0.3) is 0 Å². The third-order valence-corrected chi connectivity index (χ3v) is 0.725. The molecule has 0 aliphatic carbocycles. The van der Waals surface area contributed by atoms with Crippen molar-refractivity contribution in [2.45, 2.75) is 20.8 Å². The van der Waals surface area contributed by atoms with Crippen LogP contribution in [-0.4, -0.2) is 5.97 Å². The highest BCUT2D eigenvalue weighted by Gasteiger charge is 2.05. The number of esters is 1. The van der Waals surface area contributed by atoms with Gasteiger partial charge in [-0.1, -0.05) is 19.8 Å². The molecule has 0 bridgehead atoms. The molecule has 2 nitrogen and oxygen atoms in total. The molecule has 0 aromatic carbocycles. The molecule has 0 aliphatic rings. The molecule has 0 aromatic rings. The van der Waals surface area contributed by atoms with Gasteiger partial charge in [0.1, 0.15) is 6.11 Å². The van der Waals surface area contributed by atoms with Crippen molar-refractivity contribution in [2.24, 2.45) is 5.92 Å². The van der Waals surface area contributed by atoms with Crippen molar-refractivity contribution in [3.05, 3.63) is 0 Å². The summed E-state index contributed by atoms with van der Waals surface area (Å²) in [4.78, 5) is 10.6. The summed E-state index contributed by atoms with van der Waals surface area (Å²) in [6.45, 7) is 5.15. The first-order valence-corrected chi connectivity index (χ1v) is 2.81. The smallest absolute Gasteiger partial charge is 0.322 e. The fourth-order valence-corrected chi connectivity index (χ4v) is 0.219. The largest absolute Gasteiger partial charge is 0.372 e. The van der Waals surface area contributed by atoms with E-state index in [4.69, 9.17) is 0 Å². The first kappa shape index (κ1) is 8.03. The summed E-state index contributed by atoms with van der Waals surface area (Å²) in [5.74, 6) is 2.09. The van der Waals surface area contributed by atoms with E-state index in [-0.39, 0.29) is 11.9 Å². The number of carbonyl (C=O) groups is 1. The van der Waals surface area contributed by atoms with E-state index in [1.54, 1.807) is 20.8 Å². The van der Waals surface area contributed by atoms with Gasteiger partial charge < -0.3 is 4.74 Å².